The van der Waals surface area contributed by atoms with Gasteiger partial charge in [-0.3, -0.25) is 19.7 Å². The van der Waals surface area contributed by atoms with Gasteiger partial charge in [0.2, 0.25) is 5.91 Å². The second-order valence-electron chi connectivity index (χ2n) is 5.39. The SMILES string of the molecule is Cc1ccc([N+](=O)[O-])cc1NC(=O)[C@@H]1CC(Cl)=CC[C@@H]1C(=O)O. The highest BCUT2D eigenvalue weighted by atomic mass is 35.5. The number of aryl methyl sites for hydroxylation is 1. The summed E-state index contributed by atoms with van der Waals surface area (Å²) >= 11 is 5.93. The van der Waals surface area contributed by atoms with Gasteiger partial charge in [-0.15, -0.1) is 0 Å². The number of nitro groups is 1. The summed E-state index contributed by atoms with van der Waals surface area (Å²) in [6, 6.07) is 4.12. The van der Waals surface area contributed by atoms with Crippen LogP contribution in [0.5, 0.6) is 0 Å². The second-order valence-corrected chi connectivity index (χ2v) is 5.87. The average Bonchev–Trinajstić information content (AvgIpc) is 2.48. The number of hydrogen-bond acceptors (Lipinski definition) is 4. The topological polar surface area (TPSA) is 110 Å². The zero-order chi connectivity index (χ0) is 17.1. The molecule has 0 saturated carbocycles. The van der Waals surface area contributed by atoms with Crippen molar-refractivity contribution in [1.29, 1.82) is 0 Å². The molecule has 8 heteroatoms. The lowest BCUT2D eigenvalue weighted by atomic mass is 9.82. The number of hydrogen-bond donors (Lipinski definition) is 2. The zero-order valence-electron chi connectivity index (χ0n) is 12.3. The first-order valence-corrected chi connectivity index (χ1v) is 7.30. The van der Waals surface area contributed by atoms with E-state index in [2.05, 4.69) is 5.32 Å². The molecule has 0 heterocycles. The number of carboxylic acids is 1. The molecule has 2 rings (SSSR count). The Morgan fingerprint density at radius 3 is 2.70 bits per heavy atom. The smallest absolute Gasteiger partial charge is 0.307 e. The van der Waals surface area contributed by atoms with Crippen molar-refractivity contribution in [2.45, 2.75) is 19.8 Å². The van der Waals surface area contributed by atoms with Crippen LogP contribution in [0.2, 0.25) is 0 Å². The summed E-state index contributed by atoms with van der Waals surface area (Å²) in [6.07, 6.45) is 1.92. The molecule has 0 spiro atoms. The fourth-order valence-corrected chi connectivity index (χ4v) is 2.74. The molecule has 1 amide bonds. The average molecular weight is 339 g/mol. The molecule has 1 aromatic rings. The monoisotopic (exact) mass is 338 g/mol. The summed E-state index contributed by atoms with van der Waals surface area (Å²) in [7, 11) is 0. The molecule has 0 aromatic heterocycles. The number of anilines is 1. The van der Waals surface area contributed by atoms with Gasteiger partial charge in [0.05, 0.1) is 22.4 Å². The first kappa shape index (κ1) is 17.0. The van der Waals surface area contributed by atoms with E-state index in [0.717, 1.165) is 0 Å². The van der Waals surface area contributed by atoms with E-state index in [0.29, 0.717) is 16.3 Å². The molecule has 0 bridgehead atoms. The Bertz CT molecular complexity index is 701. The first-order valence-electron chi connectivity index (χ1n) is 6.93. The van der Waals surface area contributed by atoms with Crippen molar-refractivity contribution in [2.75, 3.05) is 5.32 Å². The number of carboxylic acid groups (broad SMARTS) is 1. The van der Waals surface area contributed by atoms with Crippen molar-refractivity contribution in [3.63, 3.8) is 0 Å². The molecular formula is C15H15ClN2O5. The highest BCUT2D eigenvalue weighted by Gasteiger charge is 2.36. The van der Waals surface area contributed by atoms with Crippen LogP contribution < -0.4 is 5.32 Å². The number of nitrogens with one attached hydrogen (secondary N) is 1. The van der Waals surface area contributed by atoms with Gasteiger partial charge in [0.25, 0.3) is 5.69 Å². The van der Waals surface area contributed by atoms with Crippen LogP contribution in [-0.4, -0.2) is 21.9 Å². The number of nitrogens with zero attached hydrogens (tertiary/aromatic N) is 1. The third kappa shape index (κ3) is 3.87. The Kier molecular flexibility index (Phi) is 5.00. The molecular weight excluding hydrogens is 324 g/mol. The van der Waals surface area contributed by atoms with Crippen LogP contribution in [-0.2, 0) is 9.59 Å². The number of non-ortho nitro benzene ring substituents is 1. The molecule has 1 aliphatic rings. The molecule has 7 nitrogen and oxygen atoms in total. The lowest BCUT2D eigenvalue weighted by molar-refractivity contribution is -0.384. The van der Waals surface area contributed by atoms with E-state index in [4.69, 9.17) is 11.6 Å². The summed E-state index contributed by atoms with van der Waals surface area (Å²) in [6.45, 7) is 1.70. The molecule has 1 aliphatic carbocycles. The molecule has 122 valence electrons. The van der Waals surface area contributed by atoms with Crippen LogP contribution in [0.1, 0.15) is 18.4 Å². The molecule has 1 aromatic carbocycles. The lowest BCUT2D eigenvalue weighted by Crippen LogP contribution is -2.35. The first-order chi connectivity index (χ1) is 10.8. The van der Waals surface area contributed by atoms with Gasteiger partial charge in [0.15, 0.2) is 0 Å². The normalized spacial score (nSPS) is 20.5. The number of aliphatic carboxylic acids is 1. The number of halogens is 1. The molecule has 23 heavy (non-hydrogen) atoms. The van der Waals surface area contributed by atoms with Crippen molar-refractivity contribution in [3.8, 4) is 0 Å². The van der Waals surface area contributed by atoms with Crippen molar-refractivity contribution in [2.24, 2.45) is 11.8 Å². The number of amides is 1. The van der Waals surface area contributed by atoms with Crippen LogP contribution in [0.25, 0.3) is 0 Å². The van der Waals surface area contributed by atoms with Crippen LogP contribution >= 0.6 is 11.6 Å². The quantitative estimate of drug-likeness (QED) is 0.647. The van der Waals surface area contributed by atoms with Gasteiger partial charge in [0, 0.05) is 17.2 Å². The molecule has 0 radical (unpaired) electrons. The number of allylic oxidation sites excluding steroid dienone is 2. The standard InChI is InChI=1S/C15H15ClN2O5/c1-8-2-4-10(18(22)23)7-13(8)17-14(19)12-6-9(16)3-5-11(12)15(20)21/h2-4,7,11-12H,5-6H2,1H3,(H,17,19)(H,20,21)/t11-,12+/m0/s1. The van der Waals surface area contributed by atoms with E-state index in [1.54, 1.807) is 13.0 Å². The molecule has 0 saturated heterocycles. The van der Waals surface area contributed by atoms with Crippen LogP contribution in [0, 0.1) is 28.9 Å². The van der Waals surface area contributed by atoms with E-state index in [9.17, 15) is 24.8 Å². The minimum atomic E-state index is -1.07. The van der Waals surface area contributed by atoms with Gasteiger partial charge < -0.3 is 10.4 Å². The maximum absolute atomic E-state index is 12.4. The highest BCUT2D eigenvalue weighted by Crippen LogP contribution is 2.33. The summed E-state index contributed by atoms with van der Waals surface area (Å²) in [5.41, 5.74) is 0.787. The highest BCUT2D eigenvalue weighted by molar-refractivity contribution is 6.29. The van der Waals surface area contributed by atoms with Crippen LogP contribution in [0.4, 0.5) is 11.4 Å². The van der Waals surface area contributed by atoms with Crippen LogP contribution in [0.3, 0.4) is 0 Å². The van der Waals surface area contributed by atoms with E-state index in [1.807, 2.05) is 0 Å². The Morgan fingerprint density at radius 2 is 2.09 bits per heavy atom. The predicted molar refractivity (Wildman–Crippen MR) is 84.2 cm³/mol. The van der Waals surface area contributed by atoms with Gasteiger partial charge in [-0.05, 0) is 25.3 Å². The maximum atomic E-state index is 12.4. The number of carbonyl (C=O) groups excluding carboxylic acids is 1. The summed E-state index contributed by atoms with van der Waals surface area (Å²) < 4.78 is 0. The minimum absolute atomic E-state index is 0.137. The molecule has 0 fully saturated rings. The van der Waals surface area contributed by atoms with Gasteiger partial charge in [0.1, 0.15) is 0 Å². The summed E-state index contributed by atoms with van der Waals surface area (Å²) in [5, 5.41) is 23.1. The Balaban J connectivity index is 2.24. The molecule has 0 aliphatic heterocycles. The van der Waals surface area contributed by atoms with E-state index in [-0.39, 0.29) is 18.5 Å². The molecule has 0 unspecified atom stereocenters. The second kappa shape index (κ2) is 6.78. The van der Waals surface area contributed by atoms with Crippen molar-refractivity contribution in [3.05, 3.63) is 45.0 Å². The number of benzene rings is 1. The van der Waals surface area contributed by atoms with Gasteiger partial charge in [-0.2, -0.15) is 0 Å². The van der Waals surface area contributed by atoms with E-state index in [1.165, 1.54) is 18.2 Å². The van der Waals surface area contributed by atoms with E-state index < -0.39 is 28.6 Å². The zero-order valence-corrected chi connectivity index (χ0v) is 13.0. The lowest BCUT2D eigenvalue weighted by Gasteiger charge is -2.26. The number of carbonyl (C=O) groups is 2. The number of rotatable bonds is 4. The third-order valence-electron chi connectivity index (χ3n) is 3.84. The predicted octanol–water partition coefficient (Wildman–Crippen LogP) is 3.08. The van der Waals surface area contributed by atoms with Crippen molar-refractivity contribution < 1.29 is 19.6 Å². The van der Waals surface area contributed by atoms with Crippen molar-refractivity contribution >= 4 is 34.9 Å². The van der Waals surface area contributed by atoms with Gasteiger partial charge >= 0.3 is 5.97 Å². The Hall–Kier alpha value is -2.41. The molecule has 2 atom stereocenters. The van der Waals surface area contributed by atoms with Gasteiger partial charge in [-0.25, -0.2) is 0 Å². The van der Waals surface area contributed by atoms with Crippen LogP contribution in [0.15, 0.2) is 29.3 Å². The Morgan fingerprint density at radius 1 is 1.39 bits per heavy atom. The Labute approximate surface area is 137 Å². The minimum Gasteiger partial charge on any atom is -0.481 e. The largest absolute Gasteiger partial charge is 0.481 e. The summed E-state index contributed by atoms with van der Waals surface area (Å²) in [5.74, 6) is -3.26. The summed E-state index contributed by atoms with van der Waals surface area (Å²) in [4.78, 5) is 34.0. The fourth-order valence-electron chi connectivity index (χ4n) is 2.49. The van der Waals surface area contributed by atoms with Gasteiger partial charge in [-0.1, -0.05) is 23.7 Å². The van der Waals surface area contributed by atoms with E-state index >= 15 is 0 Å². The maximum Gasteiger partial charge on any atom is 0.307 e. The number of nitro benzene ring substituents is 1. The van der Waals surface area contributed by atoms with Crippen molar-refractivity contribution in [1.82, 2.24) is 0 Å². The third-order valence-corrected chi connectivity index (χ3v) is 4.15. The fraction of sp³-hybridized carbons (Fsp3) is 0.333. The molecule has 2 N–H and O–H groups in total.